The van der Waals surface area contributed by atoms with Gasteiger partial charge in [-0.25, -0.2) is 4.98 Å². The molecule has 1 heterocycles. The monoisotopic (exact) mass is 204 g/mol. The van der Waals surface area contributed by atoms with Crippen LogP contribution in [0, 0.1) is 0 Å². The van der Waals surface area contributed by atoms with E-state index in [2.05, 4.69) is 15.0 Å². The molecule has 0 bridgehead atoms. The van der Waals surface area contributed by atoms with Gasteiger partial charge in [0.2, 0.25) is 0 Å². The first-order valence-corrected chi connectivity index (χ1v) is 4.39. The van der Waals surface area contributed by atoms with Crippen molar-refractivity contribution in [1.82, 2.24) is 10.3 Å². The molecule has 0 saturated heterocycles. The molecule has 1 aromatic heterocycles. The molecule has 0 unspecified atom stereocenters. The highest BCUT2D eigenvalue weighted by atomic mass is 32.1. The van der Waals surface area contributed by atoms with E-state index >= 15 is 0 Å². The van der Waals surface area contributed by atoms with E-state index in [1.807, 2.05) is 0 Å². The number of thiazole rings is 1. The number of rotatable bonds is 4. The lowest BCUT2D eigenvalue weighted by Crippen LogP contribution is -2.27. The van der Waals surface area contributed by atoms with Gasteiger partial charge in [-0.3, -0.25) is 4.79 Å². The minimum atomic E-state index is -2.43. The highest BCUT2D eigenvalue weighted by molar-refractivity contribution is 7.13. The Morgan fingerprint density at radius 3 is 3.46 bits per heavy atom. The number of nitrogens with zero attached hydrogens (tertiary/aromatic N) is 1. The van der Waals surface area contributed by atoms with Crippen molar-refractivity contribution in [2.45, 2.75) is 0 Å². The van der Waals surface area contributed by atoms with E-state index in [0.29, 0.717) is 5.13 Å². The second-order valence-corrected chi connectivity index (χ2v) is 3.07. The summed E-state index contributed by atoms with van der Waals surface area (Å²) in [5.41, 5.74) is 5.58. The van der Waals surface area contributed by atoms with Crippen LogP contribution in [-0.2, 0) is 4.74 Å². The molecule has 0 aliphatic carbocycles. The number of nitrogens with two attached hydrogens (primary N) is 1. The molecule has 0 spiro atoms. The fourth-order valence-electron chi connectivity index (χ4n) is 0.698. The van der Waals surface area contributed by atoms with Gasteiger partial charge in [-0.2, -0.15) is 0 Å². The van der Waals surface area contributed by atoms with Gasteiger partial charge in [-0.15, -0.1) is 11.3 Å². The minimum Gasteiger partial charge on any atom is -0.383 e. The van der Waals surface area contributed by atoms with Crippen LogP contribution in [0.5, 0.6) is 0 Å². The van der Waals surface area contributed by atoms with Crippen LogP contribution in [0.15, 0.2) is 5.38 Å². The molecule has 1 amide bonds. The molecule has 0 aromatic carbocycles. The van der Waals surface area contributed by atoms with E-state index in [9.17, 15) is 4.79 Å². The van der Waals surface area contributed by atoms with Crippen LogP contribution >= 0.6 is 11.3 Å². The predicted octanol–water partition coefficient (Wildman–Crippen LogP) is 0.102. The number of nitrogens with one attached hydrogen (secondary N) is 1. The molecule has 1 rings (SSSR count). The maximum Gasteiger partial charge on any atom is 0.270 e. The molecule has 3 N–H and O–H groups in total. The zero-order valence-electron chi connectivity index (χ0n) is 9.74. The van der Waals surface area contributed by atoms with Crippen LogP contribution in [-0.4, -0.2) is 31.1 Å². The Balaban J connectivity index is 2.26. The Morgan fingerprint density at radius 2 is 2.85 bits per heavy atom. The maximum absolute atomic E-state index is 11.4. The van der Waals surface area contributed by atoms with Gasteiger partial charge < -0.3 is 15.8 Å². The van der Waals surface area contributed by atoms with E-state index in [1.165, 1.54) is 5.38 Å². The average molecular weight is 204 g/mol. The first-order valence-electron chi connectivity index (χ1n) is 5.01. The zero-order valence-corrected chi connectivity index (χ0v) is 7.56. The first-order chi connectivity index (χ1) is 7.38. The van der Waals surface area contributed by atoms with Crippen LogP contribution in [0.2, 0.25) is 0 Å². The SMILES string of the molecule is [2H]C([2H])([2H])OCCNC(=O)c1csc(N)n1. The molecule has 0 fully saturated rings. The highest BCUT2D eigenvalue weighted by Crippen LogP contribution is 2.10. The Morgan fingerprint density at radius 1 is 2.00 bits per heavy atom. The maximum atomic E-state index is 11.4. The number of ether oxygens (including phenoxy) is 1. The topological polar surface area (TPSA) is 77.2 Å². The number of carbonyl (C=O) groups is 1. The number of amides is 1. The summed E-state index contributed by atoms with van der Waals surface area (Å²) in [4.78, 5) is 15.1. The summed E-state index contributed by atoms with van der Waals surface area (Å²) < 4.78 is 24.7. The lowest BCUT2D eigenvalue weighted by Gasteiger charge is -2.00. The second-order valence-electron chi connectivity index (χ2n) is 2.18. The number of anilines is 1. The van der Waals surface area contributed by atoms with Gasteiger partial charge in [0.1, 0.15) is 5.69 Å². The Labute approximate surface area is 84.1 Å². The van der Waals surface area contributed by atoms with Crippen LogP contribution in [0.1, 0.15) is 14.6 Å². The molecule has 0 atom stereocenters. The molecule has 5 nitrogen and oxygen atoms in total. The summed E-state index contributed by atoms with van der Waals surface area (Å²) in [5.74, 6) is -0.401. The standard InChI is InChI=1S/C7H11N3O2S/c1-12-3-2-9-6(11)5-4-13-7(8)10-5/h4H,2-3H2,1H3,(H2,8,10)(H,9,11)/i1D3. The van der Waals surface area contributed by atoms with Crippen molar-refractivity contribution in [2.24, 2.45) is 0 Å². The van der Waals surface area contributed by atoms with Gasteiger partial charge in [-0.05, 0) is 0 Å². The summed E-state index contributed by atoms with van der Waals surface area (Å²) in [5, 5.41) is 4.29. The van der Waals surface area contributed by atoms with Crippen molar-refractivity contribution in [3.63, 3.8) is 0 Å². The van der Waals surface area contributed by atoms with Crippen LogP contribution in [0.3, 0.4) is 0 Å². The molecule has 13 heavy (non-hydrogen) atoms. The second kappa shape index (κ2) is 4.78. The number of methoxy groups -OCH3 is 1. The number of hydrogen-bond donors (Lipinski definition) is 2. The molecule has 0 aliphatic heterocycles. The molecule has 0 saturated carbocycles. The zero-order chi connectivity index (χ0) is 12.2. The molecule has 0 radical (unpaired) electrons. The highest BCUT2D eigenvalue weighted by Gasteiger charge is 2.07. The fourth-order valence-corrected chi connectivity index (χ4v) is 1.24. The molecular weight excluding hydrogens is 190 g/mol. The molecule has 72 valence electrons. The van der Waals surface area contributed by atoms with E-state index < -0.39 is 12.9 Å². The smallest absolute Gasteiger partial charge is 0.270 e. The minimum absolute atomic E-state index is 0.0815. The number of carbonyl (C=O) groups excluding carboxylic acids is 1. The summed E-state index contributed by atoms with van der Waals surface area (Å²) in [7, 11) is -2.43. The average Bonchev–Trinajstić information content (AvgIpc) is 2.57. The van der Waals surface area contributed by atoms with Gasteiger partial charge >= 0.3 is 0 Å². The van der Waals surface area contributed by atoms with Crippen molar-refractivity contribution in [1.29, 1.82) is 0 Å². The van der Waals surface area contributed by atoms with Crippen molar-refractivity contribution in [3.8, 4) is 0 Å². The van der Waals surface area contributed by atoms with Crippen molar-refractivity contribution >= 4 is 22.4 Å². The number of nitrogen functional groups attached to an aromatic ring is 1. The van der Waals surface area contributed by atoms with E-state index in [0.717, 1.165) is 11.3 Å². The lowest BCUT2D eigenvalue weighted by atomic mass is 10.4. The van der Waals surface area contributed by atoms with Crippen molar-refractivity contribution in [3.05, 3.63) is 11.1 Å². The summed E-state index contributed by atoms with van der Waals surface area (Å²) in [6.07, 6.45) is 0. The van der Waals surface area contributed by atoms with Gasteiger partial charge in [0.15, 0.2) is 5.13 Å². The third-order valence-electron chi connectivity index (χ3n) is 1.24. The Bertz CT molecular complexity index is 366. The third-order valence-corrected chi connectivity index (χ3v) is 1.92. The van der Waals surface area contributed by atoms with Crippen molar-refractivity contribution < 1.29 is 13.6 Å². The molecule has 1 aromatic rings. The van der Waals surface area contributed by atoms with E-state index in [4.69, 9.17) is 9.85 Å². The third kappa shape index (κ3) is 3.00. The lowest BCUT2D eigenvalue weighted by molar-refractivity contribution is 0.0933. The molecular formula is C7H11N3O2S. The normalized spacial score (nSPS) is 14.3. The summed E-state index contributed by atoms with van der Waals surface area (Å²) >= 11 is 1.16. The quantitative estimate of drug-likeness (QED) is 0.682. The van der Waals surface area contributed by atoms with Gasteiger partial charge in [0.25, 0.3) is 5.91 Å². The van der Waals surface area contributed by atoms with Gasteiger partial charge in [0.05, 0.1) is 10.7 Å². The van der Waals surface area contributed by atoms with Crippen LogP contribution < -0.4 is 11.1 Å². The van der Waals surface area contributed by atoms with Crippen molar-refractivity contribution in [2.75, 3.05) is 25.9 Å². The van der Waals surface area contributed by atoms with Gasteiger partial charge in [-0.1, -0.05) is 0 Å². The molecule has 0 aliphatic rings. The Kier molecular flexibility index (Phi) is 2.33. The number of aromatic nitrogens is 1. The number of hydrogen-bond acceptors (Lipinski definition) is 5. The van der Waals surface area contributed by atoms with E-state index in [-0.39, 0.29) is 18.8 Å². The summed E-state index contributed by atoms with van der Waals surface area (Å²) in [6, 6.07) is 0. The van der Waals surface area contributed by atoms with Crippen LogP contribution in [0.4, 0.5) is 5.13 Å². The fraction of sp³-hybridized carbons (Fsp3) is 0.429. The van der Waals surface area contributed by atoms with Gasteiger partial charge in [0, 0.05) is 19.0 Å². The Hall–Kier alpha value is -1.14. The first kappa shape index (κ1) is 6.33. The van der Waals surface area contributed by atoms with E-state index in [1.54, 1.807) is 0 Å². The van der Waals surface area contributed by atoms with Crippen LogP contribution in [0.25, 0.3) is 0 Å². The largest absolute Gasteiger partial charge is 0.383 e. The predicted molar refractivity (Wildman–Crippen MR) is 50.7 cm³/mol. The molecule has 6 heteroatoms. The summed E-state index contributed by atoms with van der Waals surface area (Å²) in [6.45, 7) is 0.0243.